The number of phenols is 1. The Bertz CT molecular complexity index is 1060. The van der Waals surface area contributed by atoms with Crippen molar-refractivity contribution in [2.75, 3.05) is 5.32 Å². The zero-order valence-corrected chi connectivity index (χ0v) is 19.9. The molecule has 0 aliphatic heterocycles. The van der Waals surface area contributed by atoms with Crippen LogP contribution in [0.25, 0.3) is 0 Å². The van der Waals surface area contributed by atoms with Gasteiger partial charge in [0.25, 0.3) is 5.91 Å². The van der Waals surface area contributed by atoms with Crippen LogP contribution in [0, 0.1) is 0 Å². The first-order valence-corrected chi connectivity index (χ1v) is 11.0. The minimum absolute atomic E-state index is 0.136. The summed E-state index contributed by atoms with van der Waals surface area (Å²) in [4.78, 5) is 12.9. The minimum Gasteiger partial charge on any atom is -0.507 e. The zero-order valence-electron chi connectivity index (χ0n) is 19.9. The van der Waals surface area contributed by atoms with Gasteiger partial charge in [0.2, 0.25) is 0 Å². The van der Waals surface area contributed by atoms with Gasteiger partial charge in [0, 0.05) is 23.4 Å². The van der Waals surface area contributed by atoms with Gasteiger partial charge in [0.1, 0.15) is 5.75 Å². The van der Waals surface area contributed by atoms with E-state index < -0.39 is 0 Å². The third kappa shape index (κ3) is 5.50. The van der Waals surface area contributed by atoms with Crippen molar-refractivity contribution < 1.29 is 9.90 Å². The fourth-order valence-corrected chi connectivity index (χ4v) is 3.67. The molecule has 4 heteroatoms. The number of para-hydroxylation sites is 1. The monoisotopic (exact) mass is 430 g/mol. The van der Waals surface area contributed by atoms with Gasteiger partial charge in [-0.15, -0.1) is 0 Å². The van der Waals surface area contributed by atoms with Crippen LogP contribution in [0.5, 0.6) is 5.75 Å². The van der Waals surface area contributed by atoms with Gasteiger partial charge >= 0.3 is 0 Å². The van der Waals surface area contributed by atoms with Crippen molar-refractivity contribution in [1.82, 2.24) is 5.32 Å². The molecule has 0 saturated heterocycles. The van der Waals surface area contributed by atoms with Crippen LogP contribution < -0.4 is 10.6 Å². The molecule has 3 aromatic rings. The number of aromatic hydroxyl groups is 1. The minimum atomic E-state index is -0.228. The van der Waals surface area contributed by atoms with E-state index in [0.717, 1.165) is 28.1 Å². The Hall–Kier alpha value is -3.27. The first-order chi connectivity index (χ1) is 15.0. The van der Waals surface area contributed by atoms with Gasteiger partial charge in [0.15, 0.2) is 0 Å². The quantitative estimate of drug-likeness (QED) is 0.397. The van der Waals surface area contributed by atoms with Gasteiger partial charge in [0.05, 0.1) is 11.3 Å². The van der Waals surface area contributed by atoms with E-state index in [1.807, 2.05) is 66.7 Å². The van der Waals surface area contributed by atoms with Crippen molar-refractivity contribution in [3.63, 3.8) is 0 Å². The SMILES string of the molecule is CC(C)(C)c1cc(Nc2ccccc2C(=O)NCc2ccccc2)cc(C(C)(C)C)c1O. The molecule has 0 saturated carbocycles. The van der Waals surface area contributed by atoms with Crippen LogP contribution in [0.4, 0.5) is 11.4 Å². The van der Waals surface area contributed by atoms with Crippen LogP contribution >= 0.6 is 0 Å². The molecule has 0 radical (unpaired) electrons. The molecule has 0 spiro atoms. The van der Waals surface area contributed by atoms with Crippen LogP contribution in [0.1, 0.15) is 68.6 Å². The predicted octanol–water partition coefficient (Wildman–Crippen LogP) is 6.66. The first-order valence-electron chi connectivity index (χ1n) is 11.0. The van der Waals surface area contributed by atoms with Crippen molar-refractivity contribution in [3.05, 3.63) is 89.0 Å². The highest BCUT2D eigenvalue weighted by Gasteiger charge is 2.26. The molecule has 0 aromatic heterocycles. The van der Waals surface area contributed by atoms with Crippen LogP contribution in [0.2, 0.25) is 0 Å². The van der Waals surface area contributed by atoms with E-state index >= 15 is 0 Å². The third-order valence-corrected chi connectivity index (χ3v) is 5.47. The Balaban J connectivity index is 1.93. The normalized spacial score (nSPS) is 11.8. The lowest BCUT2D eigenvalue weighted by Gasteiger charge is -2.28. The van der Waals surface area contributed by atoms with Crippen molar-refractivity contribution in [2.24, 2.45) is 0 Å². The summed E-state index contributed by atoms with van der Waals surface area (Å²) in [6, 6.07) is 21.3. The lowest BCUT2D eigenvalue weighted by molar-refractivity contribution is 0.0951. The van der Waals surface area contributed by atoms with Crippen LogP contribution in [-0.4, -0.2) is 11.0 Å². The number of rotatable bonds is 5. The summed E-state index contributed by atoms with van der Waals surface area (Å²) in [5.74, 6) is 0.201. The van der Waals surface area contributed by atoms with Gasteiger partial charge in [-0.1, -0.05) is 84.0 Å². The third-order valence-electron chi connectivity index (χ3n) is 5.47. The molecular formula is C28H34N2O2. The molecule has 1 amide bonds. The molecule has 0 fully saturated rings. The summed E-state index contributed by atoms with van der Waals surface area (Å²) < 4.78 is 0. The van der Waals surface area contributed by atoms with Crippen LogP contribution in [-0.2, 0) is 17.4 Å². The number of carbonyl (C=O) groups is 1. The van der Waals surface area contributed by atoms with E-state index in [9.17, 15) is 9.90 Å². The fraction of sp³-hybridized carbons (Fsp3) is 0.321. The molecule has 0 atom stereocenters. The highest BCUT2D eigenvalue weighted by Crippen LogP contribution is 2.41. The number of benzene rings is 3. The Morgan fingerprint density at radius 3 is 1.91 bits per heavy atom. The molecule has 0 heterocycles. The smallest absolute Gasteiger partial charge is 0.253 e. The number of anilines is 2. The van der Waals surface area contributed by atoms with Gasteiger partial charge in [-0.2, -0.15) is 0 Å². The number of phenolic OH excluding ortho intramolecular Hbond substituents is 1. The average Bonchev–Trinajstić information content (AvgIpc) is 2.72. The summed E-state index contributed by atoms with van der Waals surface area (Å²) in [5, 5.41) is 17.4. The second-order valence-electron chi connectivity index (χ2n) is 10.3. The maximum Gasteiger partial charge on any atom is 0.253 e. The highest BCUT2D eigenvalue weighted by molar-refractivity contribution is 6.00. The van der Waals surface area contributed by atoms with Crippen LogP contribution in [0.3, 0.4) is 0 Å². The van der Waals surface area contributed by atoms with Gasteiger partial charge in [-0.3, -0.25) is 4.79 Å². The molecule has 4 nitrogen and oxygen atoms in total. The Morgan fingerprint density at radius 1 is 0.812 bits per heavy atom. The lowest BCUT2D eigenvalue weighted by atomic mass is 9.79. The topological polar surface area (TPSA) is 61.4 Å². The summed E-state index contributed by atoms with van der Waals surface area (Å²) in [6.07, 6.45) is 0. The van der Waals surface area contributed by atoms with E-state index in [4.69, 9.17) is 0 Å². The molecule has 32 heavy (non-hydrogen) atoms. The maximum atomic E-state index is 12.9. The molecule has 3 rings (SSSR count). The van der Waals surface area contributed by atoms with Crippen LogP contribution in [0.15, 0.2) is 66.7 Å². The maximum absolute atomic E-state index is 12.9. The molecule has 0 bridgehead atoms. The van der Waals surface area contributed by atoms with E-state index in [-0.39, 0.29) is 16.7 Å². The van der Waals surface area contributed by atoms with Gasteiger partial charge < -0.3 is 15.7 Å². The van der Waals surface area contributed by atoms with Crippen molar-refractivity contribution in [1.29, 1.82) is 0 Å². The highest BCUT2D eigenvalue weighted by atomic mass is 16.3. The van der Waals surface area contributed by atoms with Crippen molar-refractivity contribution in [3.8, 4) is 5.75 Å². The molecule has 3 aromatic carbocycles. The lowest BCUT2D eigenvalue weighted by Crippen LogP contribution is -2.23. The number of amides is 1. The molecule has 168 valence electrons. The largest absolute Gasteiger partial charge is 0.507 e. The number of hydrogen-bond acceptors (Lipinski definition) is 3. The van der Waals surface area contributed by atoms with E-state index in [2.05, 4.69) is 52.2 Å². The fourth-order valence-electron chi connectivity index (χ4n) is 3.67. The second-order valence-corrected chi connectivity index (χ2v) is 10.3. The molecule has 0 aliphatic rings. The van der Waals surface area contributed by atoms with E-state index in [1.165, 1.54) is 0 Å². The standard InChI is InChI=1S/C28H34N2O2/c1-27(2,3)22-16-20(17-23(25(22)31)28(4,5)6)30-24-15-11-10-14-21(24)26(32)29-18-19-12-8-7-9-13-19/h7-17,30-31H,18H2,1-6H3,(H,29,32). The van der Waals surface area contributed by atoms with E-state index in [0.29, 0.717) is 17.9 Å². The second kappa shape index (κ2) is 9.07. The Labute approximate surface area is 191 Å². The van der Waals surface area contributed by atoms with E-state index in [1.54, 1.807) is 0 Å². The first kappa shape index (κ1) is 23.4. The summed E-state index contributed by atoms with van der Waals surface area (Å²) in [7, 11) is 0. The zero-order chi connectivity index (χ0) is 23.5. The molecule has 0 aliphatic carbocycles. The van der Waals surface area contributed by atoms with Crippen molar-refractivity contribution in [2.45, 2.75) is 58.9 Å². The number of nitrogens with one attached hydrogen (secondary N) is 2. The number of hydrogen-bond donors (Lipinski definition) is 3. The molecule has 0 unspecified atom stereocenters. The Kier molecular flexibility index (Phi) is 6.63. The summed E-state index contributed by atoms with van der Waals surface area (Å²) in [5.41, 5.74) is 4.49. The predicted molar refractivity (Wildman–Crippen MR) is 133 cm³/mol. The van der Waals surface area contributed by atoms with Crippen molar-refractivity contribution >= 4 is 17.3 Å². The Morgan fingerprint density at radius 2 is 1.34 bits per heavy atom. The number of carbonyl (C=O) groups excluding carboxylic acids is 1. The van der Waals surface area contributed by atoms with Gasteiger partial charge in [-0.25, -0.2) is 0 Å². The summed E-state index contributed by atoms with van der Waals surface area (Å²) in [6.45, 7) is 13.0. The summed E-state index contributed by atoms with van der Waals surface area (Å²) >= 11 is 0. The molecule has 3 N–H and O–H groups in total. The molecular weight excluding hydrogens is 396 g/mol. The van der Waals surface area contributed by atoms with Gasteiger partial charge in [-0.05, 0) is 40.7 Å². The average molecular weight is 431 g/mol.